The summed E-state index contributed by atoms with van der Waals surface area (Å²) in [7, 11) is 0. The Labute approximate surface area is 170 Å². The lowest BCUT2D eigenvalue weighted by Gasteiger charge is -2.13. The standard InChI is InChI=1S/C22H17N3O3S/c1-12-14-7-3-6-10-18(14)29-20(12)22(27)28-13(2)19(26)15(11-23)21-24-16-8-4-5-9-17(16)25-21/h3-10,13,26H,1-2H3,(H,24,25)/b19-15-/t13-/m0/s1. The first-order chi connectivity index (χ1) is 14.0. The number of rotatable bonds is 4. The third kappa shape index (κ3) is 3.35. The van der Waals surface area contributed by atoms with E-state index in [2.05, 4.69) is 9.97 Å². The summed E-state index contributed by atoms with van der Waals surface area (Å²) < 4.78 is 6.45. The van der Waals surface area contributed by atoms with Crippen LogP contribution in [-0.2, 0) is 4.74 Å². The molecule has 1 atom stereocenters. The molecule has 0 unspecified atom stereocenters. The summed E-state index contributed by atoms with van der Waals surface area (Å²) in [5.41, 5.74) is 2.20. The molecule has 4 aromatic rings. The van der Waals surface area contributed by atoms with E-state index in [1.165, 1.54) is 18.3 Å². The van der Waals surface area contributed by atoms with Crippen molar-refractivity contribution in [3.8, 4) is 6.07 Å². The molecule has 0 saturated heterocycles. The number of benzene rings is 2. The number of H-pyrrole nitrogens is 1. The molecule has 0 spiro atoms. The molecule has 2 aromatic carbocycles. The number of aliphatic hydroxyl groups excluding tert-OH is 1. The highest BCUT2D eigenvalue weighted by atomic mass is 32.1. The Morgan fingerprint density at radius 1 is 1.24 bits per heavy atom. The van der Waals surface area contributed by atoms with Crippen molar-refractivity contribution < 1.29 is 14.6 Å². The van der Waals surface area contributed by atoms with E-state index in [1.807, 2.05) is 55.5 Å². The molecular formula is C22H17N3O3S. The zero-order valence-corrected chi connectivity index (χ0v) is 16.6. The first kappa shape index (κ1) is 18.7. The first-order valence-corrected chi connectivity index (χ1v) is 9.78. The molecule has 0 saturated carbocycles. The average Bonchev–Trinajstić information content (AvgIpc) is 3.30. The summed E-state index contributed by atoms with van der Waals surface area (Å²) >= 11 is 1.34. The maximum Gasteiger partial charge on any atom is 0.349 e. The molecule has 0 amide bonds. The van der Waals surface area contributed by atoms with Crippen LogP contribution in [0.25, 0.3) is 26.7 Å². The van der Waals surface area contributed by atoms with Gasteiger partial charge in [-0.15, -0.1) is 11.3 Å². The summed E-state index contributed by atoms with van der Waals surface area (Å²) in [4.78, 5) is 20.5. The Morgan fingerprint density at radius 3 is 2.69 bits per heavy atom. The second kappa shape index (κ2) is 7.41. The zero-order chi connectivity index (χ0) is 20.5. The molecule has 29 heavy (non-hydrogen) atoms. The van der Waals surface area contributed by atoms with E-state index in [1.54, 1.807) is 6.07 Å². The minimum atomic E-state index is -1.00. The van der Waals surface area contributed by atoms with E-state index < -0.39 is 12.1 Å². The highest BCUT2D eigenvalue weighted by molar-refractivity contribution is 7.21. The number of hydrogen-bond acceptors (Lipinski definition) is 6. The Bertz CT molecular complexity index is 1280. The molecular weight excluding hydrogens is 386 g/mol. The zero-order valence-electron chi connectivity index (χ0n) is 15.8. The van der Waals surface area contributed by atoms with Crippen LogP contribution in [0.3, 0.4) is 0 Å². The number of carbonyl (C=O) groups is 1. The third-order valence-electron chi connectivity index (χ3n) is 4.69. The molecule has 0 bridgehead atoms. The number of allylic oxidation sites excluding steroid dienone is 1. The van der Waals surface area contributed by atoms with Crippen LogP contribution in [-0.4, -0.2) is 27.1 Å². The summed E-state index contributed by atoms with van der Waals surface area (Å²) in [5, 5.41) is 21.1. The third-order valence-corrected chi connectivity index (χ3v) is 5.94. The number of ether oxygens (including phenoxy) is 1. The molecule has 4 rings (SSSR count). The van der Waals surface area contributed by atoms with Gasteiger partial charge in [-0.25, -0.2) is 9.78 Å². The highest BCUT2D eigenvalue weighted by Gasteiger charge is 2.24. The summed E-state index contributed by atoms with van der Waals surface area (Å²) in [6, 6.07) is 17.0. The summed E-state index contributed by atoms with van der Waals surface area (Å²) in [5.74, 6) is -0.657. The van der Waals surface area contributed by atoms with Crippen LogP contribution < -0.4 is 0 Å². The highest BCUT2D eigenvalue weighted by Crippen LogP contribution is 2.31. The van der Waals surface area contributed by atoms with Crippen molar-refractivity contribution in [3.63, 3.8) is 0 Å². The number of aryl methyl sites for hydroxylation is 1. The van der Waals surface area contributed by atoms with Gasteiger partial charge in [0.1, 0.15) is 16.5 Å². The van der Waals surface area contributed by atoms with Gasteiger partial charge in [0.05, 0.1) is 11.0 Å². The lowest BCUT2D eigenvalue weighted by Crippen LogP contribution is -2.18. The van der Waals surface area contributed by atoms with Crippen molar-refractivity contribution in [2.75, 3.05) is 0 Å². The maximum atomic E-state index is 12.7. The van der Waals surface area contributed by atoms with E-state index in [0.29, 0.717) is 10.4 Å². The smallest absolute Gasteiger partial charge is 0.349 e. The number of aromatic amines is 1. The van der Waals surface area contributed by atoms with Crippen LogP contribution in [0.5, 0.6) is 0 Å². The number of nitrogens with one attached hydrogen (secondary N) is 1. The quantitative estimate of drug-likeness (QED) is 0.280. The fourth-order valence-corrected chi connectivity index (χ4v) is 4.24. The van der Waals surface area contributed by atoms with Gasteiger partial charge in [-0.3, -0.25) is 0 Å². The molecule has 0 fully saturated rings. The Kier molecular flexibility index (Phi) is 4.79. The van der Waals surface area contributed by atoms with Gasteiger partial charge in [0.2, 0.25) is 0 Å². The molecule has 0 aliphatic heterocycles. The van der Waals surface area contributed by atoms with E-state index in [9.17, 15) is 15.2 Å². The van der Waals surface area contributed by atoms with Gasteiger partial charge in [0, 0.05) is 4.70 Å². The van der Waals surface area contributed by atoms with Crippen molar-refractivity contribution in [3.05, 3.63) is 70.6 Å². The van der Waals surface area contributed by atoms with Crippen molar-refractivity contribution in [2.45, 2.75) is 20.0 Å². The normalized spacial score (nSPS) is 13.1. The Balaban J connectivity index is 1.63. The lowest BCUT2D eigenvalue weighted by molar-refractivity contribution is 0.0339. The van der Waals surface area contributed by atoms with Crippen LogP contribution in [0.1, 0.15) is 28.0 Å². The van der Waals surface area contributed by atoms with Gasteiger partial charge in [-0.05, 0) is 43.0 Å². The van der Waals surface area contributed by atoms with Crippen molar-refractivity contribution in [1.29, 1.82) is 5.26 Å². The monoisotopic (exact) mass is 403 g/mol. The molecule has 2 aromatic heterocycles. The van der Waals surface area contributed by atoms with Crippen LogP contribution in [0, 0.1) is 18.3 Å². The van der Waals surface area contributed by atoms with Gasteiger partial charge < -0.3 is 14.8 Å². The molecule has 0 aliphatic carbocycles. The van der Waals surface area contributed by atoms with E-state index in [-0.39, 0.29) is 17.2 Å². The predicted molar refractivity (Wildman–Crippen MR) is 113 cm³/mol. The van der Waals surface area contributed by atoms with Gasteiger partial charge >= 0.3 is 5.97 Å². The number of thiophene rings is 1. The number of aliphatic hydroxyl groups is 1. The maximum absolute atomic E-state index is 12.7. The first-order valence-electron chi connectivity index (χ1n) is 8.97. The summed E-state index contributed by atoms with van der Waals surface area (Å²) in [6.07, 6.45) is -1.00. The van der Waals surface area contributed by atoms with Crippen LogP contribution >= 0.6 is 11.3 Å². The second-order valence-corrected chi connectivity index (χ2v) is 7.63. The SMILES string of the molecule is Cc1c(C(=O)O[C@@H](C)/C(O)=C(\C#N)c2nc3ccccc3[nH]2)sc2ccccc12. The topological polar surface area (TPSA) is 99.0 Å². The molecule has 7 heteroatoms. The van der Waals surface area contributed by atoms with E-state index in [4.69, 9.17) is 4.74 Å². The fraction of sp³-hybridized carbons (Fsp3) is 0.136. The number of fused-ring (bicyclic) bond motifs is 2. The lowest BCUT2D eigenvalue weighted by atomic mass is 10.1. The predicted octanol–water partition coefficient (Wildman–Crippen LogP) is 5.12. The van der Waals surface area contributed by atoms with E-state index in [0.717, 1.165) is 21.2 Å². The number of imidazole rings is 1. The van der Waals surface area contributed by atoms with Crippen LogP contribution in [0.15, 0.2) is 54.3 Å². The van der Waals surface area contributed by atoms with E-state index >= 15 is 0 Å². The number of para-hydroxylation sites is 2. The number of esters is 1. The average molecular weight is 403 g/mol. The molecule has 144 valence electrons. The molecule has 6 nitrogen and oxygen atoms in total. The molecule has 0 aliphatic rings. The largest absolute Gasteiger partial charge is 0.507 e. The van der Waals surface area contributed by atoms with Gasteiger partial charge in [-0.1, -0.05) is 30.3 Å². The Hall–Kier alpha value is -3.63. The minimum Gasteiger partial charge on any atom is -0.507 e. The van der Waals surface area contributed by atoms with Crippen molar-refractivity contribution in [2.24, 2.45) is 0 Å². The number of carbonyl (C=O) groups excluding carboxylic acids is 1. The van der Waals surface area contributed by atoms with Crippen LogP contribution in [0.4, 0.5) is 0 Å². The van der Waals surface area contributed by atoms with Crippen LogP contribution in [0.2, 0.25) is 0 Å². The van der Waals surface area contributed by atoms with Gasteiger partial charge in [-0.2, -0.15) is 5.26 Å². The number of aromatic nitrogens is 2. The fourth-order valence-electron chi connectivity index (χ4n) is 3.14. The Morgan fingerprint density at radius 2 is 1.97 bits per heavy atom. The van der Waals surface area contributed by atoms with Crippen molar-refractivity contribution >= 4 is 44.0 Å². The second-order valence-electron chi connectivity index (χ2n) is 6.57. The number of nitriles is 1. The van der Waals surface area contributed by atoms with Gasteiger partial charge in [0.15, 0.2) is 17.7 Å². The molecule has 0 radical (unpaired) electrons. The van der Waals surface area contributed by atoms with Crippen molar-refractivity contribution in [1.82, 2.24) is 9.97 Å². The van der Waals surface area contributed by atoms with Gasteiger partial charge in [0.25, 0.3) is 0 Å². The number of nitrogens with zero attached hydrogens (tertiary/aromatic N) is 2. The summed E-state index contributed by atoms with van der Waals surface area (Å²) in [6.45, 7) is 3.39. The molecule has 2 N–H and O–H groups in total. The molecule has 2 heterocycles. The minimum absolute atomic E-state index is 0.0606. The number of hydrogen-bond donors (Lipinski definition) is 2.